The number of β-lactam (4-membered cyclic amide) rings is 1. The highest BCUT2D eigenvalue weighted by Gasteiger charge is 2.43. The maximum atomic E-state index is 13.1. The summed E-state index contributed by atoms with van der Waals surface area (Å²) in [5, 5.41) is 0. The summed E-state index contributed by atoms with van der Waals surface area (Å²) in [7, 11) is -1.77. The van der Waals surface area contributed by atoms with Gasteiger partial charge in [-0.25, -0.2) is 4.57 Å². The van der Waals surface area contributed by atoms with Crippen LogP contribution < -0.4 is 14.2 Å². The van der Waals surface area contributed by atoms with Gasteiger partial charge in [0.2, 0.25) is 0 Å². The summed E-state index contributed by atoms with van der Waals surface area (Å²) in [6, 6.07) is 18.6. The van der Waals surface area contributed by atoms with Gasteiger partial charge in [0.05, 0.1) is 19.8 Å². The number of ether oxygens (including phenoxy) is 1. The smallest absolute Gasteiger partial charge is 0.376 e. The van der Waals surface area contributed by atoms with Gasteiger partial charge in [-0.1, -0.05) is 49.0 Å². The van der Waals surface area contributed by atoms with E-state index >= 15 is 0 Å². The zero-order chi connectivity index (χ0) is 25.3. The van der Waals surface area contributed by atoms with E-state index in [4.69, 9.17) is 13.8 Å². The Kier molecular flexibility index (Phi) is 6.88. The van der Waals surface area contributed by atoms with E-state index in [1.54, 1.807) is 12.0 Å². The molecule has 1 aliphatic heterocycles. The Balaban J connectivity index is 1.59. The third kappa shape index (κ3) is 5.04. The van der Waals surface area contributed by atoms with E-state index in [1.165, 1.54) is 6.66 Å². The third-order valence-electron chi connectivity index (χ3n) is 6.28. The molecule has 2 atom stereocenters. The molecule has 3 aromatic rings. The standard InChI is InChI=1S/C28H30NO5P/c1-18-12-13-23(15-25(18)34-35(6,31)33-17-22-10-8-7-9-11-22)27-21(4)28(30)29(27)24-14-19(2)20(3)26(16-24)32-5/h7-16,27H,4,17H2,1-3,5-6H3/t27-,35?/m1/s1. The van der Waals surface area contributed by atoms with Crippen LogP contribution in [-0.2, 0) is 20.5 Å². The van der Waals surface area contributed by atoms with Crippen LogP contribution in [0.2, 0.25) is 0 Å². The first-order valence-electron chi connectivity index (χ1n) is 11.3. The molecule has 0 N–H and O–H groups in total. The molecular weight excluding hydrogens is 461 g/mol. The monoisotopic (exact) mass is 491 g/mol. The van der Waals surface area contributed by atoms with Crippen molar-refractivity contribution in [2.24, 2.45) is 0 Å². The molecule has 182 valence electrons. The van der Waals surface area contributed by atoms with E-state index < -0.39 is 7.60 Å². The lowest BCUT2D eigenvalue weighted by Gasteiger charge is -2.43. The quantitative estimate of drug-likeness (QED) is 0.200. The largest absolute Gasteiger partial charge is 0.496 e. The summed E-state index contributed by atoms with van der Waals surface area (Å²) in [5.41, 5.74) is 5.82. The van der Waals surface area contributed by atoms with Crippen LogP contribution in [0.15, 0.2) is 72.8 Å². The first-order chi connectivity index (χ1) is 16.6. The molecule has 0 radical (unpaired) electrons. The number of hydrogen-bond donors (Lipinski definition) is 0. The second kappa shape index (κ2) is 9.73. The average molecular weight is 492 g/mol. The second-order valence-electron chi connectivity index (χ2n) is 8.84. The Labute approximate surface area is 206 Å². The lowest BCUT2D eigenvalue weighted by Crippen LogP contribution is -2.48. The third-order valence-corrected chi connectivity index (χ3v) is 7.41. The zero-order valence-corrected chi connectivity index (χ0v) is 21.6. The number of rotatable bonds is 8. The molecular formula is C28H30NO5P. The van der Waals surface area contributed by atoms with Gasteiger partial charge in [0.15, 0.2) is 0 Å². The van der Waals surface area contributed by atoms with Crippen molar-refractivity contribution in [2.45, 2.75) is 33.4 Å². The lowest BCUT2D eigenvalue weighted by atomic mass is 9.87. The van der Waals surface area contributed by atoms with Gasteiger partial charge in [0.25, 0.3) is 5.91 Å². The second-order valence-corrected chi connectivity index (χ2v) is 10.8. The van der Waals surface area contributed by atoms with Gasteiger partial charge in [-0.15, -0.1) is 0 Å². The van der Waals surface area contributed by atoms with Crippen LogP contribution in [0, 0.1) is 20.8 Å². The lowest BCUT2D eigenvalue weighted by molar-refractivity contribution is -0.119. The van der Waals surface area contributed by atoms with Gasteiger partial charge < -0.3 is 9.26 Å². The first kappa shape index (κ1) is 24.8. The number of anilines is 1. The van der Waals surface area contributed by atoms with E-state index in [0.29, 0.717) is 11.3 Å². The van der Waals surface area contributed by atoms with Crippen molar-refractivity contribution in [3.05, 3.63) is 101 Å². The fourth-order valence-electron chi connectivity index (χ4n) is 4.11. The minimum atomic E-state index is -3.39. The van der Waals surface area contributed by atoms with Crippen molar-refractivity contribution in [1.82, 2.24) is 0 Å². The maximum Gasteiger partial charge on any atom is 0.376 e. The Hall–Kier alpha value is -3.34. The summed E-state index contributed by atoms with van der Waals surface area (Å²) in [6.07, 6.45) is 0. The SMILES string of the molecule is C=C1C(=O)N(c2cc(C)c(C)c(OC)c2)[C@H]1c1ccc(C)c(OP(C)(=O)OCc2ccccc2)c1. The number of benzene rings is 3. The highest BCUT2D eigenvalue weighted by atomic mass is 31.2. The number of hydrogen-bond acceptors (Lipinski definition) is 5. The molecule has 1 saturated heterocycles. The molecule has 0 aliphatic carbocycles. The van der Waals surface area contributed by atoms with Crippen LogP contribution in [0.4, 0.5) is 5.69 Å². The highest BCUT2D eigenvalue weighted by Crippen LogP contribution is 2.49. The zero-order valence-electron chi connectivity index (χ0n) is 20.7. The molecule has 1 heterocycles. The molecule has 35 heavy (non-hydrogen) atoms. The van der Waals surface area contributed by atoms with E-state index in [0.717, 1.165) is 39.3 Å². The fraction of sp³-hybridized carbons (Fsp3) is 0.250. The number of amides is 1. The minimum absolute atomic E-state index is 0.143. The molecule has 0 saturated carbocycles. The van der Waals surface area contributed by atoms with Crippen molar-refractivity contribution in [3.63, 3.8) is 0 Å². The molecule has 3 aromatic carbocycles. The molecule has 7 heteroatoms. The topological polar surface area (TPSA) is 65.1 Å². The molecule has 1 fully saturated rings. The van der Waals surface area contributed by atoms with E-state index in [1.807, 2.05) is 81.4 Å². The Morgan fingerprint density at radius 3 is 2.37 bits per heavy atom. The predicted octanol–water partition coefficient (Wildman–Crippen LogP) is 6.68. The van der Waals surface area contributed by atoms with Crippen LogP contribution in [0.25, 0.3) is 0 Å². The van der Waals surface area contributed by atoms with Gasteiger partial charge in [0, 0.05) is 24.0 Å². The van der Waals surface area contributed by atoms with Crippen LogP contribution in [0.5, 0.6) is 11.5 Å². The fourth-order valence-corrected chi connectivity index (χ4v) is 5.10. The van der Waals surface area contributed by atoms with Gasteiger partial charge in [-0.2, -0.15) is 0 Å². The minimum Gasteiger partial charge on any atom is -0.496 e. The van der Waals surface area contributed by atoms with Crippen molar-refractivity contribution in [1.29, 1.82) is 0 Å². The van der Waals surface area contributed by atoms with Crippen molar-refractivity contribution < 1.29 is 23.1 Å². The predicted molar refractivity (Wildman–Crippen MR) is 138 cm³/mol. The van der Waals surface area contributed by atoms with Gasteiger partial charge in [-0.3, -0.25) is 14.2 Å². The summed E-state index contributed by atoms with van der Waals surface area (Å²) in [5.74, 6) is 1.03. The first-order valence-corrected chi connectivity index (χ1v) is 13.3. The number of aryl methyl sites for hydroxylation is 2. The van der Waals surface area contributed by atoms with Gasteiger partial charge in [-0.05, 0) is 60.7 Å². The molecule has 0 spiro atoms. The normalized spacial score (nSPS) is 17.1. The van der Waals surface area contributed by atoms with Crippen molar-refractivity contribution in [3.8, 4) is 11.5 Å². The Bertz CT molecular complexity index is 1330. The summed E-state index contributed by atoms with van der Waals surface area (Å²) in [6.45, 7) is 11.5. The van der Waals surface area contributed by atoms with Crippen LogP contribution >= 0.6 is 7.60 Å². The van der Waals surface area contributed by atoms with E-state index in [-0.39, 0.29) is 18.6 Å². The van der Waals surface area contributed by atoms with E-state index in [9.17, 15) is 9.36 Å². The molecule has 1 amide bonds. The Morgan fingerprint density at radius 2 is 1.69 bits per heavy atom. The molecule has 4 rings (SSSR count). The molecule has 6 nitrogen and oxygen atoms in total. The summed E-state index contributed by atoms with van der Waals surface area (Å²) in [4.78, 5) is 14.5. The molecule has 1 unspecified atom stereocenters. The summed E-state index contributed by atoms with van der Waals surface area (Å²) >= 11 is 0. The Morgan fingerprint density at radius 1 is 0.971 bits per heavy atom. The van der Waals surface area contributed by atoms with Crippen LogP contribution in [-0.4, -0.2) is 19.7 Å². The molecule has 0 bridgehead atoms. The van der Waals surface area contributed by atoms with Crippen molar-refractivity contribution >= 4 is 19.2 Å². The average Bonchev–Trinajstić information content (AvgIpc) is 2.84. The number of nitrogens with zero attached hydrogens (tertiary/aromatic N) is 1. The molecule has 1 aliphatic rings. The number of carbonyl (C=O) groups is 1. The number of methoxy groups -OCH3 is 1. The highest BCUT2D eigenvalue weighted by molar-refractivity contribution is 7.53. The van der Waals surface area contributed by atoms with Crippen LogP contribution in [0.3, 0.4) is 0 Å². The summed E-state index contributed by atoms with van der Waals surface area (Å²) < 4.78 is 30.1. The van der Waals surface area contributed by atoms with Gasteiger partial charge in [0.1, 0.15) is 11.5 Å². The van der Waals surface area contributed by atoms with Crippen LogP contribution in [0.1, 0.15) is 33.9 Å². The van der Waals surface area contributed by atoms with Gasteiger partial charge >= 0.3 is 7.60 Å². The number of carbonyl (C=O) groups excluding carboxylic acids is 1. The maximum absolute atomic E-state index is 13.1. The van der Waals surface area contributed by atoms with E-state index in [2.05, 4.69) is 6.58 Å². The van der Waals surface area contributed by atoms with Crippen molar-refractivity contribution in [2.75, 3.05) is 18.7 Å². The molecule has 0 aromatic heterocycles.